The van der Waals surface area contributed by atoms with Crippen molar-refractivity contribution in [3.63, 3.8) is 0 Å². The molecule has 0 aliphatic carbocycles. The van der Waals surface area contributed by atoms with E-state index < -0.39 is 17.7 Å². The normalized spacial score (nSPS) is 13.7. The molecule has 4 rings (SSSR count). The first kappa shape index (κ1) is 29.4. The number of nitrogens with zero attached hydrogens (tertiary/aromatic N) is 3. The van der Waals surface area contributed by atoms with E-state index in [2.05, 4.69) is 15.5 Å². The minimum atomic E-state index is -0.970. The van der Waals surface area contributed by atoms with Crippen LogP contribution in [0.1, 0.15) is 16.7 Å². The van der Waals surface area contributed by atoms with Gasteiger partial charge in [0.1, 0.15) is 5.82 Å². The van der Waals surface area contributed by atoms with Gasteiger partial charge in [0, 0.05) is 37.1 Å². The third-order valence-electron chi connectivity index (χ3n) is 6.78. The fourth-order valence-electron chi connectivity index (χ4n) is 4.53. The molecule has 0 saturated carbocycles. The maximum absolute atomic E-state index is 13.9. The van der Waals surface area contributed by atoms with E-state index in [1.165, 1.54) is 12.1 Å². The van der Waals surface area contributed by atoms with Crippen molar-refractivity contribution in [3.05, 3.63) is 89.2 Å². The van der Waals surface area contributed by atoms with Gasteiger partial charge >= 0.3 is 5.97 Å². The molecule has 10 heteroatoms. The average molecular weight is 560 g/mol. The van der Waals surface area contributed by atoms with Crippen LogP contribution >= 0.6 is 0 Å². The van der Waals surface area contributed by atoms with Gasteiger partial charge < -0.3 is 25.5 Å². The summed E-state index contributed by atoms with van der Waals surface area (Å²) in [5.74, 6) is -1.89. The summed E-state index contributed by atoms with van der Waals surface area (Å²) in [4.78, 5) is 42.9. The summed E-state index contributed by atoms with van der Waals surface area (Å²) in [6, 6.07) is 18.2. The smallest absolute Gasteiger partial charge is 0.307 e. The van der Waals surface area contributed by atoms with E-state index in [0.29, 0.717) is 45.0 Å². The van der Waals surface area contributed by atoms with Crippen molar-refractivity contribution in [1.82, 2.24) is 9.80 Å². The fourth-order valence-corrected chi connectivity index (χ4v) is 4.53. The number of carbonyl (C=O) groups is 3. The van der Waals surface area contributed by atoms with E-state index in [1.54, 1.807) is 66.5 Å². The van der Waals surface area contributed by atoms with Gasteiger partial charge in [0.25, 0.3) is 5.91 Å². The number of halogens is 1. The highest BCUT2D eigenvalue weighted by Gasteiger charge is 2.29. The number of amides is 2. The number of carbonyl (C=O) groups excluding carboxylic acids is 2. The predicted octanol–water partition coefficient (Wildman–Crippen LogP) is 3.84. The van der Waals surface area contributed by atoms with Crippen molar-refractivity contribution in [2.24, 2.45) is 0 Å². The van der Waals surface area contributed by atoms with E-state index in [4.69, 9.17) is 0 Å². The highest BCUT2D eigenvalue weighted by molar-refractivity contribution is 6.37. The molecular weight excluding hydrogens is 525 g/mol. The number of likely N-dealkylation sites (N-methyl/N-ethyl adjacent to an activating group) is 3. The molecule has 1 aliphatic rings. The summed E-state index contributed by atoms with van der Waals surface area (Å²) in [6.07, 6.45) is -0.177. The summed E-state index contributed by atoms with van der Waals surface area (Å²) in [5.41, 5.74) is 4.16. The molecule has 3 aromatic rings. The lowest BCUT2D eigenvalue weighted by molar-refractivity contribution is -0.136. The van der Waals surface area contributed by atoms with Crippen LogP contribution in [0.4, 0.5) is 21.5 Å². The molecule has 0 fully saturated rings. The number of rotatable bonds is 11. The van der Waals surface area contributed by atoms with Crippen LogP contribution in [0.15, 0.2) is 66.7 Å². The Hall–Kier alpha value is -4.54. The van der Waals surface area contributed by atoms with Crippen LogP contribution in [-0.4, -0.2) is 80.5 Å². The number of benzene rings is 3. The van der Waals surface area contributed by atoms with Gasteiger partial charge in [0.15, 0.2) is 0 Å². The number of carboxylic acid groups (broad SMARTS) is 1. The zero-order chi connectivity index (χ0) is 29.7. The molecule has 0 aromatic heterocycles. The standard InChI is InChI=1S/C31H34FN5O4/c1-35(2)14-15-36(3)19-27(38)37(4)24-11-9-23(10-12-24)33-30(21-7-5-6-20(16-21)17-28(39)40)29-25-13-8-22(32)18-26(25)34-31(29)41/h5-13,16,18,33H,14-15,17,19H2,1-4H3,(H,34,41)(H,39,40). The van der Waals surface area contributed by atoms with Crippen molar-refractivity contribution in [2.45, 2.75) is 6.42 Å². The van der Waals surface area contributed by atoms with Gasteiger partial charge in [-0.3, -0.25) is 19.3 Å². The molecule has 0 spiro atoms. The first-order chi connectivity index (χ1) is 19.5. The van der Waals surface area contributed by atoms with Crippen molar-refractivity contribution < 1.29 is 23.9 Å². The molecule has 9 nitrogen and oxygen atoms in total. The van der Waals surface area contributed by atoms with Gasteiger partial charge in [-0.25, -0.2) is 4.39 Å². The summed E-state index contributed by atoms with van der Waals surface area (Å²) in [5, 5.41) is 15.3. The summed E-state index contributed by atoms with van der Waals surface area (Å²) in [6.45, 7) is 1.90. The number of aliphatic carboxylic acids is 1. The van der Waals surface area contributed by atoms with Crippen LogP contribution in [0.2, 0.25) is 0 Å². The number of hydrogen-bond donors (Lipinski definition) is 3. The van der Waals surface area contributed by atoms with Crippen LogP contribution in [0.5, 0.6) is 0 Å². The van der Waals surface area contributed by atoms with Crippen LogP contribution in [0.3, 0.4) is 0 Å². The van der Waals surface area contributed by atoms with Crippen molar-refractivity contribution in [1.29, 1.82) is 0 Å². The Kier molecular flexibility index (Phi) is 9.16. The van der Waals surface area contributed by atoms with Crippen molar-refractivity contribution >= 4 is 46.1 Å². The highest BCUT2D eigenvalue weighted by atomic mass is 19.1. The number of carboxylic acids is 1. The van der Waals surface area contributed by atoms with Crippen molar-refractivity contribution in [3.8, 4) is 0 Å². The van der Waals surface area contributed by atoms with E-state index in [9.17, 15) is 23.9 Å². The molecule has 41 heavy (non-hydrogen) atoms. The molecule has 0 saturated heterocycles. The van der Waals surface area contributed by atoms with Gasteiger partial charge in [-0.15, -0.1) is 0 Å². The van der Waals surface area contributed by atoms with E-state index >= 15 is 0 Å². The molecule has 0 atom stereocenters. The Morgan fingerprint density at radius 1 is 0.951 bits per heavy atom. The number of anilines is 3. The first-order valence-corrected chi connectivity index (χ1v) is 13.2. The highest BCUT2D eigenvalue weighted by Crippen LogP contribution is 2.38. The zero-order valence-electron chi connectivity index (χ0n) is 23.6. The Balaban J connectivity index is 1.63. The molecule has 0 unspecified atom stereocenters. The molecule has 1 aliphatic heterocycles. The average Bonchev–Trinajstić information content (AvgIpc) is 3.24. The summed E-state index contributed by atoms with van der Waals surface area (Å²) >= 11 is 0. The Morgan fingerprint density at radius 2 is 1.68 bits per heavy atom. The largest absolute Gasteiger partial charge is 0.481 e. The SMILES string of the molecule is CN(C)CCN(C)CC(=O)N(C)c1ccc(NC(=C2C(=O)Nc3cc(F)ccc32)c2cccc(CC(=O)O)c2)cc1. The quantitative estimate of drug-likeness (QED) is 0.307. The second-order valence-electron chi connectivity index (χ2n) is 10.3. The molecular formula is C31H34FN5O4. The molecule has 214 valence electrons. The van der Waals surface area contributed by atoms with E-state index in [0.717, 1.165) is 13.1 Å². The topological polar surface area (TPSA) is 105 Å². The van der Waals surface area contributed by atoms with Crippen molar-refractivity contribution in [2.75, 3.05) is 63.4 Å². The van der Waals surface area contributed by atoms with Crippen LogP contribution in [-0.2, 0) is 20.8 Å². The Bertz CT molecular complexity index is 1490. The maximum Gasteiger partial charge on any atom is 0.307 e. The minimum absolute atomic E-state index is 0.0449. The predicted molar refractivity (Wildman–Crippen MR) is 159 cm³/mol. The first-order valence-electron chi connectivity index (χ1n) is 13.2. The van der Waals surface area contributed by atoms with Gasteiger partial charge in [-0.05, 0) is 80.8 Å². The van der Waals surface area contributed by atoms with E-state index in [-0.39, 0.29) is 18.9 Å². The lowest BCUT2D eigenvalue weighted by Crippen LogP contribution is -2.39. The second-order valence-corrected chi connectivity index (χ2v) is 10.3. The molecule has 2 amide bonds. The van der Waals surface area contributed by atoms with Gasteiger partial charge in [-0.1, -0.05) is 18.2 Å². The van der Waals surface area contributed by atoms with Crippen LogP contribution in [0.25, 0.3) is 11.3 Å². The van der Waals surface area contributed by atoms with E-state index in [1.807, 2.05) is 26.0 Å². The maximum atomic E-state index is 13.9. The summed E-state index contributed by atoms with van der Waals surface area (Å²) < 4.78 is 13.9. The lowest BCUT2D eigenvalue weighted by atomic mass is 9.98. The Morgan fingerprint density at radius 3 is 2.37 bits per heavy atom. The summed E-state index contributed by atoms with van der Waals surface area (Å²) in [7, 11) is 7.62. The monoisotopic (exact) mass is 559 g/mol. The third-order valence-corrected chi connectivity index (χ3v) is 6.78. The molecule has 0 bridgehead atoms. The van der Waals surface area contributed by atoms with Gasteiger partial charge in [0.05, 0.1) is 29.9 Å². The van der Waals surface area contributed by atoms with Crippen LogP contribution < -0.4 is 15.5 Å². The van der Waals surface area contributed by atoms with Crippen LogP contribution in [0, 0.1) is 5.82 Å². The number of nitrogens with one attached hydrogen (secondary N) is 2. The third kappa shape index (κ3) is 7.36. The zero-order valence-corrected chi connectivity index (χ0v) is 23.6. The molecule has 3 N–H and O–H groups in total. The fraction of sp³-hybridized carbons (Fsp3) is 0.258. The molecule has 3 aromatic carbocycles. The lowest BCUT2D eigenvalue weighted by Gasteiger charge is -2.23. The van der Waals surface area contributed by atoms with Gasteiger partial charge in [-0.2, -0.15) is 0 Å². The minimum Gasteiger partial charge on any atom is -0.481 e. The number of fused-ring (bicyclic) bond motifs is 1. The Labute approximate surface area is 238 Å². The molecule has 0 radical (unpaired) electrons. The van der Waals surface area contributed by atoms with Gasteiger partial charge in [0.2, 0.25) is 5.91 Å². The number of hydrogen-bond acceptors (Lipinski definition) is 6. The molecule has 1 heterocycles. The second kappa shape index (κ2) is 12.8.